The molecular weight excluding hydrogens is 252 g/mol. The number of rotatable bonds is 9. The summed E-state index contributed by atoms with van der Waals surface area (Å²) in [6, 6.07) is 2.02. The Kier molecular flexibility index (Phi) is 6.96. The average Bonchev–Trinajstić information content (AvgIpc) is 2.67. The van der Waals surface area contributed by atoms with Gasteiger partial charge in [-0.1, -0.05) is 6.92 Å². The summed E-state index contributed by atoms with van der Waals surface area (Å²) in [6.45, 7) is 9.35. The van der Waals surface area contributed by atoms with Gasteiger partial charge in [0, 0.05) is 43.8 Å². The maximum Gasteiger partial charge on any atom is 0.178 e. The number of carbonyl (C=O) groups is 1. The number of methoxy groups -OCH3 is 1. The van der Waals surface area contributed by atoms with Gasteiger partial charge in [0.25, 0.3) is 0 Å². The Morgan fingerprint density at radius 1 is 1.40 bits per heavy atom. The lowest BCUT2D eigenvalue weighted by Gasteiger charge is -2.15. The molecule has 1 heterocycles. The van der Waals surface area contributed by atoms with Gasteiger partial charge in [0.1, 0.15) is 0 Å². The van der Waals surface area contributed by atoms with Crippen molar-refractivity contribution in [2.45, 2.75) is 40.2 Å². The van der Waals surface area contributed by atoms with Crippen LogP contribution in [0.1, 0.15) is 41.5 Å². The van der Waals surface area contributed by atoms with E-state index in [1.54, 1.807) is 7.11 Å². The number of ether oxygens (including phenoxy) is 1. The number of Topliss-reactive ketones (excluding diaryl/α,β-unsaturated/α-hetero) is 1. The Bertz CT molecular complexity index is 438. The first-order valence-electron chi connectivity index (χ1n) is 7.38. The van der Waals surface area contributed by atoms with E-state index in [1.807, 2.05) is 20.0 Å². The van der Waals surface area contributed by atoms with E-state index < -0.39 is 0 Å². The molecular formula is C16H28N2O2. The van der Waals surface area contributed by atoms with Crippen molar-refractivity contribution in [1.82, 2.24) is 9.47 Å². The zero-order valence-electron chi connectivity index (χ0n) is 13.5. The minimum absolute atomic E-state index is 0.209. The summed E-state index contributed by atoms with van der Waals surface area (Å²) in [5.41, 5.74) is 3.14. The van der Waals surface area contributed by atoms with E-state index in [1.165, 1.54) is 5.69 Å². The van der Waals surface area contributed by atoms with Gasteiger partial charge in [0.2, 0.25) is 0 Å². The fourth-order valence-electron chi connectivity index (χ4n) is 2.54. The number of hydrogen-bond acceptors (Lipinski definition) is 3. The number of nitrogens with zero attached hydrogens (tertiary/aromatic N) is 2. The predicted molar refractivity (Wildman–Crippen MR) is 82.5 cm³/mol. The summed E-state index contributed by atoms with van der Waals surface area (Å²) in [5.74, 6) is 0.209. The zero-order valence-corrected chi connectivity index (χ0v) is 13.5. The molecule has 0 saturated carbocycles. The molecule has 1 aromatic heterocycles. The van der Waals surface area contributed by atoms with Crippen molar-refractivity contribution < 1.29 is 9.53 Å². The third-order valence-electron chi connectivity index (χ3n) is 3.62. The first-order valence-corrected chi connectivity index (χ1v) is 7.38. The number of aromatic nitrogens is 1. The molecule has 0 spiro atoms. The SMILES string of the molecule is CCCn1c(C)cc(C(=O)CN(C)CCCOC)c1C. The van der Waals surface area contributed by atoms with Crippen LogP contribution in [0.4, 0.5) is 0 Å². The summed E-state index contributed by atoms with van der Waals surface area (Å²) in [5, 5.41) is 0. The van der Waals surface area contributed by atoms with E-state index >= 15 is 0 Å². The van der Waals surface area contributed by atoms with E-state index in [9.17, 15) is 4.79 Å². The van der Waals surface area contributed by atoms with Gasteiger partial charge >= 0.3 is 0 Å². The number of ketones is 1. The van der Waals surface area contributed by atoms with Crippen LogP contribution < -0.4 is 0 Å². The summed E-state index contributed by atoms with van der Waals surface area (Å²) in [6.07, 6.45) is 2.04. The molecule has 0 saturated heterocycles. The molecule has 4 heteroatoms. The van der Waals surface area contributed by atoms with Crippen molar-refractivity contribution in [3.05, 3.63) is 23.0 Å². The molecule has 0 aromatic carbocycles. The van der Waals surface area contributed by atoms with E-state index in [-0.39, 0.29) is 5.78 Å². The highest BCUT2D eigenvalue weighted by atomic mass is 16.5. The molecule has 0 bridgehead atoms. The first-order chi connectivity index (χ1) is 9.51. The standard InChI is InChI=1S/C16H28N2O2/c1-6-8-18-13(2)11-15(14(18)3)16(19)12-17(4)9-7-10-20-5/h11H,6-10,12H2,1-5H3. The summed E-state index contributed by atoms with van der Waals surface area (Å²) in [7, 11) is 3.69. The Hall–Kier alpha value is -1.13. The van der Waals surface area contributed by atoms with Gasteiger partial charge in [-0.15, -0.1) is 0 Å². The van der Waals surface area contributed by atoms with Crippen molar-refractivity contribution in [2.24, 2.45) is 0 Å². The number of likely N-dealkylation sites (N-methyl/N-ethyl adjacent to an activating group) is 1. The van der Waals surface area contributed by atoms with Crippen LogP contribution in [0.5, 0.6) is 0 Å². The highest BCUT2D eigenvalue weighted by Gasteiger charge is 2.16. The van der Waals surface area contributed by atoms with Crippen LogP contribution in [-0.2, 0) is 11.3 Å². The van der Waals surface area contributed by atoms with Crippen LogP contribution in [-0.4, -0.2) is 49.1 Å². The minimum Gasteiger partial charge on any atom is -0.385 e. The molecule has 114 valence electrons. The zero-order chi connectivity index (χ0) is 15.1. The fourth-order valence-corrected chi connectivity index (χ4v) is 2.54. The first kappa shape index (κ1) is 16.9. The van der Waals surface area contributed by atoms with Gasteiger partial charge in [-0.3, -0.25) is 9.69 Å². The second-order valence-electron chi connectivity index (χ2n) is 5.44. The summed E-state index contributed by atoms with van der Waals surface area (Å²) in [4.78, 5) is 14.5. The van der Waals surface area contributed by atoms with Crippen LogP contribution in [0.25, 0.3) is 0 Å². The average molecular weight is 280 g/mol. The second kappa shape index (κ2) is 8.22. The Morgan fingerprint density at radius 2 is 2.10 bits per heavy atom. The molecule has 0 amide bonds. The highest BCUT2D eigenvalue weighted by molar-refractivity contribution is 5.99. The minimum atomic E-state index is 0.209. The van der Waals surface area contributed by atoms with E-state index in [4.69, 9.17) is 4.74 Å². The van der Waals surface area contributed by atoms with Gasteiger partial charge in [0.15, 0.2) is 5.78 Å². The predicted octanol–water partition coefficient (Wildman–Crippen LogP) is 2.67. The fraction of sp³-hybridized carbons (Fsp3) is 0.688. The molecule has 0 N–H and O–H groups in total. The molecule has 4 nitrogen and oxygen atoms in total. The van der Waals surface area contributed by atoms with Gasteiger partial charge in [-0.05, 0) is 39.8 Å². The Labute approximate surface area is 122 Å². The smallest absolute Gasteiger partial charge is 0.178 e. The van der Waals surface area contributed by atoms with Crippen LogP contribution in [0.15, 0.2) is 6.07 Å². The van der Waals surface area contributed by atoms with Crippen molar-refractivity contribution in [3.8, 4) is 0 Å². The lowest BCUT2D eigenvalue weighted by molar-refractivity contribution is 0.0938. The topological polar surface area (TPSA) is 34.5 Å². The molecule has 0 aliphatic rings. The molecule has 1 aromatic rings. The van der Waals surface area contributed by atoms with Crippen molar-refractivity contribution in [3.63, 3.8) is 0 Å². The lowest BCUT2D eigenvalue weighted by Crippen LogP contribution is -2.27. The van der Waals surface area contributed by atoms with E-state index in [0.717, 1.165) is 43.8 Å². The van der Waals surface area contributed by atoms with Crippen molar-refractivity contribution in [1.29, 1.82) is 0 Å². The Morgan fingerprint density at radius 3 is 2.70 bits per heavy atom. The van der Waals surface area contributed by atoms with Crippen LogP contribution in [0, 0.1) is 13.8 Å². The van der Waals surface area contributed by atoms with E-state index in [0.29, 0.717) is 6.54 Å². The van der Waals surface area contributed by atoms with Gasteiger partial charge in [-0.25, -0.2) is 0 Å². The van der Waals surface area contributed by atoms with Gasteiger partial charge in [-0.2, -0.15) is 0 Å². The van der Waals surface area contributed by atoms with Crippen LogP contribution >= 0.6 is 0 Å². The summed E-state index contributed by atoms with van der Waals surface area (Å²) >= 11 is 0. The highest BCUT2D eigenvalue weighted by Crippen LogP contribution is 2.16. The quantitative estimate of drug-likeness (QED) is 0.515. The number of hydrogen-bond donors (Lipinski definition) is 0. The molecule has 0 aliphatic heterocycles. The lowest BCUT2D eigenvalue weighted by atomic mass is 10.1. The van der Waals surface area contributed by atoms with Crippen LogP contribution in [0.2, 0.25) is 0 Å². The van der Waals surface area contributed by atoms with Crippen molar-refractivity contribution in [2.75, 3.05) is 33.9 Å². The monoisotopic (exact) mass is 280 g/mol. The molecule has 0 unspecified atom stereocenters. The van der Waals surface area contributed by atoms with Crippen LogP contribution in [0.3, 0.4) is 0 Å². The largest absolute Gasteiger partial charge is 0.385 e. The molecule has 0 atom stereocenters. The number of carbonyl (C=O) groups excluding carboxylic acids is 1. The normalized spacial score (nSPS) is 11.3. The Balaban J connectivity index is 2.66. The van der Waals surface area contributed by atoms with E-state index in [2.05, 4.69) is 23.3 Å². The maximum absolute atomic E-state index is 12.4. The molecule has 0 fully saturated rings. The maximum atomic E-state index is 12.4. The molecule has 0 radical (unpaired) electrons. The third kappa shape index (κ3) is 4.46. The molecule has 0 aliphatic carbocycles. The van der Waals surface area contributed by atoms with Crippen molar-refractivity contribution >= 4 is 5.78 Å². The number of aryl methyl sites for hydroxylation is 1. The second-order valence-corrected chi connectivity index (χ2v) is 5.44. The van der Waals surface area contributed by atoms with Gasteiger partial charge in [0.05, 0.1) is 6.54 Å². The molecule has 1 rings (SSSR count). The van der Waals surface area contributed by atoms with Gasteiger partial charge < -0.3 is 9.30 Å². The summed E-state index contributed by atoms with van der Waals surface area (Å²) < 4.78 is 7.27. The molecule has 20 heavy (non-hydrogen) atoms. The third-order valence-corrected chi connectivity index (χ3v) is 3.62.